The van der Waals surface area contributed by atoms with Crippen LogP contribution in [0.2, 0.25) is 0 Å². The standard InChI is InChI=1S/C22H27N/c1-16(14-17-8-12-23-13-9-17)18-6-7-19-20(15-18)22(4,5)11-10-21(19,2)3/h6-9,12-15H,10-11H2,1-5H3/b16-14+. The molecular weight excluding hydrogens is 278 g/mol. The second kappa shape index (κ2) is 5.63. The highest BCUT2D eigenvalue weighted by atomic mass is 14.6. The van der Waals surface area contributed by atoms with Crippen molar-refractivity contribution in [1.29, 1.82) is 0 Å². The van der Waals surface area contributed by atoms with Crippen LogP contribution in [0.4, 0.5) is 0 Å². The molecule has 1 heteroatoms. The smallest absolute Gasteiger partial charge is 0.0273 e. The molecule has 0 aliphatic heterocycles. The zero-order chi connectivity index (χ0) is 16.7. The molecule has 0 saturated carbocycles. The van der Waals surface area contributed by atoms with Crippen LogP contribution in [0.25, 0.3) is 11.6 Å². The lowest BCUT2D eigenvalue weighted by Crippen LogP contribution is -2.33. The zero-order valence-electron chi connectivity index (χ0n) is 15.0. The Balaban J connectivity index is 2.05. The van der Waals surface area contributed by atoms with Crippen molar-refractivity contribution in [2.24, 2.45) is 0 Å². The molecule has 1 aromatic heterocycles. The van der Waals surface area contributed by atoms with E-state index < -0.39 is 0 Å². The first-order chi connectivity index (χ1) is 10.8. The van der Waals surface area contributed by atoms with Gasteiger partial charge in [-0.15, -0.1) is 0 Å². The molecule has 1 aromatic carbocycles. The van der Waals surface area contributed by atoms with Gasteiger partial charge >= 0.3 is 0 Å². The van der Waals surface area contributed by atoms with Gasteiger partial charge in [-0.2, -0.15) is 0 Å². The van der Waals surface area contributed by atoms with Crippen molar-refractivity contribution in [2.75, 3.05) is 0 Å². The molecule has 0 saturated heterocycles. The fourth-order valence-corrected chi connectivity index (χ4v) is 3.63. The zero-order valence-corrected chi connectivity index (χ0v) is 15.0. The summed E-state index contributed by atoms with van der Waals surface area (Å²) < 4.78 is 0. The Hall–Kier alpha value is -1.89. The summed E-state index contributed by atoms with van der Waals surface area (Å²) >= 11 is 0. The maximum atomic E-state index is 4.09. The van der Waals surface area contributed by atoms with Crippen LogP contribution in [0.15, 0.2) is 42.7 Å². The number of hydrogen-bond donors (Lipinski definition) is 0. The van der Waals surface area contributed by atoms with Crippen LogP contribution in [0.1, 0.15) is 69.7 Å². The third-order valence-corrected chi connectivity index (χ3v) is 5.40. The number of benzene rings is 1. The summed E-state index contributed by atoms with van der Waals surface area (Å²) in [7, 11) is 0. The van der Waals surface area contributed by atoms with E-state index in [-0.39, 0.29) is 10.8 Å². The lowest BCUT2D eigenvalue weighted by atomic mass is 9.63. The van der Waals surface area contributed by atoms with E-state index in [9.17, 15) is 0 Å². The number of pyridine rings is 1. The summed E-state index contributed by atoms with van der Waals surface area (Å²) in [6, 6.07) is 11.2. The Labute approximate surface area is 140 Å². The maximum absolute atomic E-state index is 4.09. The summed E-state index contributed by atoms with van der Waals surface area (Å²) in [5, 5.41) is 0. The lowest BCUT2D eigenvalue weighted by Gasteiger charge is -2.42. The summed E-state index contributed by atoms with van der Waals surface area (Å²) in [5.74, 6) is 0. The van der Waals surface area contributed by atoms with Crippen molar-refractivity contribution in [2.45, 2.75) is 58.3 Å². The molecule has 0 unspecified atom stereocenters. The molecule has 0 fully saturated rings. The highest BCUT2D eigenvalue weighted by molar-refractivity contribution is 5.80. The Kier molecular flexibility index (Phi) is 3.91. The molecule has 1 aliphatic carbocycles. The molecule has 0 atom stereocenters. The average molecular weight is 305 g/mol. The van der Waals surface area contributed by atoms with Crippen LogP contribution >= 0.6 is 0 Å². The van der Waals surface area contributed by atoms with E-state index in [1.165, 1.54) is 40.7 Å². The predicted octanol–water partition coefficient (Wildman–Crippen LogP) is 5.99. The van der Waals surface area contributed by atoms with E-state index >= 15 is 0 Å². The molecule has 0 amide bonds. The second-order valence-electron chi connectivity index (χ2n) is 8.14. The molecule has 2 aromatic rings. The monoisotopic (exact) mass is 305 g/mol. The van der Waals surface area contributed by atoms with Gasteiger partial charge in [-0.3, -0.25) is 4.98 Å². The first-order valence-electron chi connectivity index (χ1n) is 8.53. The third-order valence-electron chi connectivity index (χ3n) is 5.40. The highest BCUT2D eigenvalue weighted by Crippen LogP contribution is 2.46. The quantitative estimate of drug-likeness (QED) is 0.664. The average Bonchev–Trinajstić information content (AvgIpc) is 2.52. The van der Waals surface area contributed by atoms with E-state index in [0.29, 0.717) is 0 Å². The van der Waals surface area contributed by atoms with Gasteiger partial charge in [0.2, 0.25) is 0 Å². The van der Waals surface area contributed by atoms with E-state index in [1.54, 1.807) is 0 Å². The van der Waals surface area contributed by atoms with Crippen molar-refractivity contribution < 1.29 is 0 Å². The van der Waals surface area contributed by atoms with Gasteiger partial charge in [0.05, 0.1) is 0 Å². The van der Waals surface area contributed by atoms with Crippen LogP contribution in [0, 0.1) is 0 Å². The molecule has 0 bridgehead atoms. The third kappa shape index (κ3) is 3.10. The highest BCUT2D eigenvalue weighted by Gasteiger charge is 2.36. The number of aromatic nitrogens is 1. The minimum absolute atomic E-state index is 0.262. The Morgan fingerprint density at radius 2 is 1.52 bits per heavy atom. The fourth-order valence-electron chi connectivity index (χ4n) is 3.63. The van der Waals surface area contributed by atoms with E-state index in [1.807, 2.05) is 12.4 Å². The summed E-state index contributed by atoms with van der Waals surface area (Å²) in [4.78, 5) is 4.09. The first-order valence-corrected chi connectivity index (χ1v) is 8.53. The van der Waals surface area contributed by atoms with Crippen molar-refractivity contribution in [3.8, 4) is 0 Å². The number of fused-ring (bicyclic) bond motifs is 1. The second-order valence-corrected chi connectivity index (χ2v) is 8.14. The minimum atomic E-state index is 0.262. The minimum Gasteiger partial charge on any atom is -0.265 e. The van der Waals surface area contributed by atoms with Gasteiger partial charge < -0.3 is 0 Å². The van der Waals surface area contributed by atoms with Crippen molar-refractivity contribution in [1.82, 2.24) is 4.98 Å². The van der Waals surface area contributed by atoms with E-state index in [0.717, 1.165) is 0 Å². The van der Waals surface area contributed by atoms with Crippen molar-refractivity contribution >= 4 is 11.6 Å². The molecule has 1 heterocycles. The molecule has 1 nitrogen and oxygen atoms in total. The number of rotatable bonds is 2. The topological polar surface area (TPSA) is 12.9 Å². The largest absolute Gasteiger partial charge is 0.265 e. The number of allylic oxidation sites excluding steroid dienone is 1. The Morgan fingerprint density at radius 1 is 0.913 bits per heavy atom. The normalized spacial score (nSPS) is 19.3. The van der Waals surface area contributed by atoms with Gasteiger partial charge in [0, 0.05) is 12.4 Å². The van der Waals surface area contributed by atoms with Crippen molar-refractivity contribution in [3.05, 3.63) is 65.0 Å². The number of nitrogens with zero attached hydrogens (tertiary/aromatic N) is 1. The SMILES string of the molecule is C/C(=C\c1ccncc1)c1ccc2c(c1)C(C)(C)CCC2(C)C. The molecule has 23 heavy (non-hydrogen) atoms. The summed E-state index contributed by atoms with van der Waals surface area (Å²) in [5.41, 5.74) is 7.42. The first kappa shape index (κ1) is 16.0. The molecule has 3 rings (SSSR count). The summed E-state index contributed by atoms with van der Waals surface area (Å²) in [6.07, 6.45) is 8.45. The van der Waals surface area contributed by atoms with Crippen LogP contribution < -0.4 is 0 Å². The van der Waals surface area contributed by atoms with Crippen LogP contribution in [-0.2, 0) is 10.8 Å². The number of hydrogen-bond acceptors (Lipinski definition) is 1. The van der Waals surface area contributed by atoms with Gasteiger partial charge in [-0.05, 0) is 70.6 Å². The van der Waals surface area contributed by atoms with Crippen LogP contribution in [0.5, 0.6) is 0 Å². The van der Waals surface area contributed by atoms with Gasteiger partial charge in [-0.25, -0.2) is 0 Å². The van der Waals surface area contributed by atoms with Gasteiger partial charge in [0.15, 0.2) is 0 Å². The lowest BCUT2D eigenvalue weighted by molar-refractivity contribution is 0.332. The molecule has 0 radical (unpaired) electrons. The van der Waals surface area contributed by atoms with Crippen molar-refractivity contribution in [3.63, 3.8) is 0 Å². The van der Waals surface area contributed by atoms with Crippen LogP contribution in [-0.4, -0.2) is 4.98 Å². The molecular formula is C22H27N. The van der Waals surface area contributed by atoms with Gasteiger partial charge in [-0.1, -0.05) is 52.0 Å². The van der Waals surface area contributed by atoms with E-state index in [4.69, 9.17) is 0 Å². The Morgan fingerprint density at radius 3 is 2.17 bits per heavy atom. The summed E-state index contributed by atoms with van der Waals surface area (Å²) in [6.45, 7) is 11.7. The molecule has 120 valence electrons. The maximum Gasteiger partial charge on any atom is 0.0273 e. The molecule has 0 N–H and O–H groups in total. The van der Waals surface area contributed by atoms with E-state index in [2.05, 4.69) is 76.0 Å². The van der Waals surface area contributed by atoms with Gasteiger partial charge in [0.25, 0.3) is 0 Å². The predicted molar refractivity (Wildman–Crippen MR) is 99.5 cm³/mol. The van der Waals surface area contributed by atoms with Crippen LogP contribution in [0.3, 0.4) is 0 Å². The fraction of sp³-hybridized carbons (Fsp3) is 0.409. The van der Waals surface area contributed by atoms with Gasteiger partial charge in [0.1, 0.15) is 0 Å². The molecule has 1 aliphatic rings. The molecule has 0 spiro atoms. The Bertz CT molecular complexity index is 736.